The Balaban J connectivity index is 1.93. The summed E-state index contributed by atoms with van der Waals surface area (Å²) < 4.78 is 23.7. The Kier molecular flexibility index (Phi) is 7.85. The number of halogens is 1. The van der Waals surface area contributed by atoms with Crippen molar-refractivity contribution in [2.45, 2.75) is 38.8 Å². The van der Waals surface area contributed by atoms with Gasteiger partial charge in [-0.3, -0.25) is 10.1 Å². The third-order valence-corrected chi connectivity index (χ3v) is 4.83. The third kappa shape index (κ3) is 7.39. The van der Waals surface area contributed by atoms with Crippen LogP contribution in [-0.4, -0.2) is 35.1 Å². The molecule has 2 aromatic carbocycles. The standard InChI is InChI=1S/C25H27FN4O5/c1-25(2,3)35-24(33)28-20(13-15-6-5-7-17(26)12-15)21-14-19(22(31)30-29-21)16-8-10-18(11-9-16)27-23(32)34-4/h5-12,14,20H,13H2,1-4H3,(H,27,32)(H,28,33)(H,30,31)/t20-/m0/s1. The molecule has 10 heteroatoms. The van der Waals surface area contributed by atoms with E-state index in [1.807, 2.05) is 0 Å². The lowest BCUT2D eigenvalue weighted by atomic mass is 10.00. The Morgan fingerprint density at radius 3 is 2.43 bits per heavy atom. The van der Waals surface area contributed by atoms with Crippen molar-refractivity contribution in [2.75, 3.05) is 12.4 Å². The Morgan fingerprint density at radius 2 is 1.80 bits per heavy atom. The largest absolute Gasteiger partial charge is 0.453 e. The maximum Gasteiger partial charge on any atom is 0.411 e. The van der Waals surface area contributed by atoms with Crippen LogP contribution in [0.1, 0.15) is 38.1 Å². The lowest BCUT2D eigenvalue weighted by molar-refractivity contribution is 0.0502. The fourth-order valence-corrected chi connectivity index (χ4v) is 3.30. The molecular weight excluding hydrogens is 455 g/mol. The minimum Gasteiger partial charge on any atom is -0.453 e. The molecule has 0 unspecified atom stereocenters. The topological polar surface area (TPSA) is 122 Å². The zero-order chi connectivity index (χ0) is 25.6. The number of carbonyl (C=O) groups is 2. The van der Waals surface area contributed by atoms with Crippen molar-refractivity contribution in [3.63, 3.8) is 0 Å². The minimum absolute atomic E-state index is 0.206. The molecule has 0 aliphatic carbocycles. The molecule has 0 spiro atoms. The molecule has 9 nitrogen and oxygen atoms in total. The molecule has 3 rings (SSSR count). The predicted molar refractivity (Wildman–Crippen MR) is 129 cm³/mol. The predicted octanol–water partition coefficient (Wildman–Crippen LogP) is 4.56. The van der Waals surface area contributed by atoms with Crippen LogP contribution in [0.25, 0.3) is 11.1 Å². The van der Waals surface area contributed by atoms with Gasteiger partial charge in [0.25, 0.3) is 5.56 Å². The number of benzene rings is 2. The van der Waals surface area contributed by atoms with Crippen LogP contribution in [0.4, 0.5) is 19.7 Å². The van der Waals surface area contributed by atoms with Crippen molar-refractivity contribution in [3.8, 4) is 11.1 Å². The smallest absolute Gasteiger partial charge is 0.411 e. The number of hydrogen-bond acceptors (Lipinski definition) is 6. The van der Waals surface area contributed by atoms with Gasteiger partial charge in [-0.05, 0) is 68.7 Å². The number of anilines is 1. The van der Waals surface area contributed by atoms with Crippen LogP contribution in [0.5, 0.6) is 0 Å². The van der Waals surface area contributed by atoms with E-state index in [1.165, 1.54) is 19.2 Å². The second-order valence-corrected chi connectivity index (χ2v) is 8.76. The highest BCUT2D eigenvalue weighted by atomic mass is 19.1. The van der Waals surface area contributed by atoms with Gasteiger partial charge in [0.2, 0.25) is 0 Å². The van der Waals surface area contributed by atoms with E-state index in [0.717, 1.165) is 0 Å². The number of aromatic amines is 1. The third-order valence-electron chi connectivity index (χ3n) is 4.83. The molecular formula is C25H27FN4O5. The number of alkyl carbamates (subject to hydrolysis) is 1. The van der Waals surface area contributed by atoms with Crippen LogP contribution in [0.3, 0.4) is 0 Å². The number of rotatable bonds is 6. The second-order valence-electron chi connectivity index (χ2n) is 8.76. The highest BCUT2D eigenvalue weighted by Gasteiger charge is 2.23. The van der Waals surface area contributed by atoms with Crippen molar-refractivity contribution in [1.29, 1.82) is 0 Å². The number of hydrogen-bond donors (Lipinski definition) is 3. The van der Waals surface area contributed by atoms with Crippen molar-refractivity contribution >= 4 is 17.9 Å². The van der Waals surface area contributed by atoms with Crippen LogP contribution < -0.4 is 16.2 Å². The molecule has 0 fully saturated rings. The van der Waals surface area contributed by atoms with Crippen LogP contribution in [0.2, 0.25) is 0 Å². The number of aromatic nitrogens is 2. The Hall–Kier alpha value is -4.21. The number of H-pyrrole nitrogens is 1. The van der Waals surface area contributed by atoms with Crippen molar-refractivity contribution in [1.82, 2.24) is 15.5 Å². The summed E-state index contributed by atoms with van der Waals surface area (Å²) in [5.41, 5.74) is 1.16. The van der Waals surface area contributed by atoms with Crippen LogP contribution in [0.15, 0.2) is 59.4 Å². The van der Waals surface area contributed by atoms with Gasteiger partial charge in [-0.15, -0.1) is 0 Å². The number of carbonyl (C=O) groups excluding carboxylic acids is 2. The van der Waals surface area contributed by atoms with Gasteiger partial charge in [-0.1, -0.05) is 24.3 Å². The molecule has 2 amide bonds. The maximum absolute atomic E-state index is 13.8. The highest BCUT2D eigenvalue weighted by Crippen LogP contribution is 2.23. The summed E-state index contributed by atoms with van der Waals surface area (Å²) in [5, 5.41) is 11.9. The highest BCUT2D eigenvalue weighted by molar-refractivity contribution is 5.85. The number of methoxy groups -OCH3 is 1. The zero-order valence-corrected chi connectivity index (χ0v) is 19.8. The van der Waals surface area contributed by atoms with E-state index in [9.17, 15) is 18.8 Å². The monoisotopic (exact) mass is 482 g/mol. The number of nitrogens with one attached hydrogen (secondary N) is 3. The maximum atomic E-state index is 13.8. The molecule has 0 aliphatic heterocycles. The quantitative estimate of drug-likeness (QED) is 0.473. The van der Waals surface area contributed by atoms with Crippen LogP contribution in [-0.2, 0) is 15.9 Å². The van der Waals surface area contributed by atoms with Crippen LogP contribution >= 0.6 is 0 Å². The van der Waals surface area contributed by atoms with Crippen LogP contribution in [0, 0.1) is 5.82 Å². The van der Waals surface area contributed by atoms with Gasteiger partial charge >= 0.3 is 12.2 Å². The second kappa shape index (κ2) is 10.8. The van der Waals surface area contributed by atoms with Crippen molar-refractivity contribution in [3.05, 3.63) is 82.0 Å². The average Bonchev–Trinajstić information content (AvgIpc) is 2.78. The average molecular weight is 483 g/mol. The normalized spacial score (nSPS) is 11.9. The summed E-state index contributed by atoms with van der Waals surface area (Å²) in [6.07, 6.45) is -1.08. The molecule has 35 heavy (non-hydrogen) atoms. The first kappa shape index (κ1) is 25.4. The Morgan fingerprint density at radius 1 is 1.09 bits per heavy atom. The first-order chi connectivity index (χ1) is 16.5. The number of nitrogens with zero attached hydrogens (tertiary/aromatic N) is 1. The fourth-order valence-electron chi connectivity index (χ4n) is 3.30. The van der Waals surface area contributed by atoms with E-state index in [2.05, 4.69) is 25.6 Å². The minimum atomic E-state index is -0.725. The molecule has 0 saturated carbocycles. The Bertz CT molecular complexity index is 1250. The van der Waals surface area contributed by atoms with Crippen molar-refractivity contribution < 1.29 is 23.5 Å². The van der Waals surface area contributed by atoms with Gasteiger partial charge < -0.3 is 14.8 Å². The van der Waals surface area contributed by atoms with E-state index in [-0.39, 0.29) is 6.42 Å². The summed E-state index contributed by atoms with van der Waals surface area (Å²) >= 11 is 0. The first-order valence-electron chi connectivity index (χ1n) is 10.8. The van der Waals surface area contributed by atoms with Gasteiger partial charge in [0.15, 0.2) is 0 Å². The first-order valence-corrected chi connectivity index (χ1v) is 10.8. The summed E-state index contributed by atoms with van der Waals surface area (Å²) in [5.74, 6) is -0.408. The summed E-state index contributed by atoms with van der Waals surface area (Å²) in [6, 6.07) is 13.4. The fraction of sp³-hybridized carbons (Fsp3) is 0.280. The van der Waals surface area contributed by atoms with Gasteiger partial charge in [-0.25, -0.2) is 19.1 Å². The molecule has 184 valence electrons. The van der Waals surface area contributed by atoms with Gasteiger partial charge in [0.1, 0.15) is 11.4 Å². The molecule has 1 heterocycles. The summed E-state index contributed by atoms with van der Waals surface area (Å²) in [4.78, 5) is 36.5. The molecule has 1 aromatic heterocycles. The van der Waals surface area contributed by atoms with Crippen molar-refractivity contribution in [2.24, 2.45) is 0 Å². The van der Waals surface area contributed by atoms with Gasteiger partial charge in [0, 0.05) is 5.69 Å². The Labute approximate surface area is 201 Å². The van der Waals surface area contributed by atoms with E-state index >= 15 is 0 Å². The molecule has 0 bridgehead atoms. The molecule has 0 saturated heterocycles. The number of amides is 2. The van der Waals surface area contributed by atoms with E-state index in [0.29, 0.717) is 28.1 Å². The molecule has 3 aromatic rings. The number of ether oxygens (including phenoxy) is 2. The molecule has 1 atom stereocenters. The van der Waals surface area contributed by atoms with E-state index in [4.69, 9.17) is 4.74 Å². The zero-order valence-electron chi connectivity index (χ0n) is 19.8. The summed E-state index contributed by atoms with van der Waals surface area (Å²) in [6.45, 7) is 5.22. The lowest BCUT2D eigenvalue weighted by Gasteiger charge is -2.23. The molecule has 3 N–H and O–H groups in total. The molecule has 0 radical (unpaired) electrons. The van der Waals surface area contributed by atoms with E-state index < -0.39 is 35.2 Å². The summed E-state index contributed by atoms with van der Waals surface area (Å²) in [7, 11) is 1.26. The van der Waals surface area contributed by atoms with Gasteiger partial charge in [0.05, 0.1) is 24.4 Å². The van der Waals surface area contributed by atoms with E-state index in [1.54, 1.807) is 63.2 Å². The van der Waals surface area contributed by atoms with Gasteiger partial charge in [-0.2, -0.15) is 5.10 Å². The lowest BCUT2D eigenvalue weighted by Crippen LogP contribution is -2.36. The SMILES string of the molecule is COC(=O)Nc1ccc(-c2cc([C@H](Cc3cccc(F)c3)NC(=O)OC(C)(C)C)n[nH]c2=O)cc1. The molecule has 0 aliphatic rings.